The zero-order chi connectivity index (χ0) is 15.9. The van der Waals surface area contributed by atoms with Gasteiger partial charge in [-0.05, 0) is 55.0 Å². The van der Waals surface area contributed by atoms with Crippen LogP contribution in [0.25, 0.3) is 0 Å². The standard InChI is InChI=1S/C18H18BrNO2/c1-3-15(20-16-8-10-17(22-2)11-9-16)12-18(21)13-4-6-14(19)7-5-13/h4-12,20H,3H2,1-2H3. The summed E-state index contributed by atoms with van der Waals surface area (Å²) in [6.07, 6.45) is 2.39. The van der Waals surface area contributed by atoms with Crippen molar-refractivity contribution < 1.29 is 9.53 Å². The molecule has 0 aliphatic heterocycles. The van der Waals surface area contributed by atoms with E-state index in [4.69, 9.17) is 4.74 Å². The summed E-state index contributed by atoms with van der Waals surface area (Å²) in [4.78, 5) is 12.3. The fourth-order valence-corrected chi connectivity index (χ4v) is 2.21. The van der Waals surface area contributed by atoms with Gasteiger partial charge in [0.1, 0.15) is 5.75 Å². The van der Waals surface area contributed by atoms with Gasteiger partial charge in [-0.3, -0.25) is 4.79 Å². The molecule has 0 atom stereocenters. The summed E-state index contributed by atoms with van der Waals surface area (Å²) in [5.74, 6) is 0.795. The van der Waals surface area contributed by atoms with Gasteiger partial charge in [0.25, 0.3) is 0 Å². The minimum Gasteiger partial charge on any atom is -0.497 e. The third kappa shape index (κ3) is 4.46. The fourth-order valence-electron chi connectivity index (χ4n) is 1.94. The Morgan fingerprint density at radius 3 is 2.32 bits per heavy atom. The van der Waals surface area contributed by atoms with E-state index < -0.39 is 0 Å². The molecular formula is C18H18BrNO2. The van der Waals surface area contributed by atoms with Crippen LogP contribution in [0.2, 0.25) is 0 Å². The third-order valence-electron chi connectivity index (χ3n) is 3.21. The first-order valence-corrected chi connectivity index (χ1v) is 7.83. The normalized spacial score (nSPS) is 11.1. The van der Waals surface area contributed by atoms with Crippen LogP contribution >= 0.6 is 15.9 Å². The van der Waals surface area contributed by atoms with Crippen molar-refractivity contribution in [2.75, 3.05) is 12.4 Å². The van der Waals surface area contributed by atoms with E-state index in [2.05, 4.69) is 21.2 Å². The summed E-state index contributed by atoms with van der Waals surface area (Å²) < 4.78 is 6.09. The number of allylic oxidation sites excluding steroid dienone is 2. The molecule has 114 valence electrons. The van der Waals surface area contributed by atoms with Crippen LogP contribution in [-0.4, -0.2) is 12.9 Å². The van der Waals surface area contributed by atoms with E-state index >= 15 is 0 Å². The highest BCUT2D eigenvalue weighted by molar-refractivity contribution is 9.10. The van der Waals surface area contributed by atoms with Gasteiger partial charge >= 0.3 is 0 Å². The molecule has 2 rings (SSSR count). The average molecular weight is 360 g/mol. The lowest BCUT2D eigenvalue weighted by Crippen LogP contribution is -2.03. The molecule has 4 heteroatoms. The second kappa shape index (κ2) is 7.80. The second-order valence-corrected chi connectivity index (χ2v) is 5.66. The molecule has 0 radical (unpaired) electrons. The van der Waals surface area contributed by atoms with E-state index in [0.29, 0.717) is 5.56 Å². The number of carbonyl (C=O) groups excluding carboxylic acids is 1. The number of anilines is 1. The maximum Gasteiger partial charge on any atom is 0.187 e. The van der Waals surface area contributed by atoms with Crippen molar-refractivity contribution in [2.24, 2.45) is 0 Å². The van der Waals surface area contributed by atoms with Crippen molar-refractivity contribution in [1.29, 1.82) is 0 Å². The number of halogens is 1. The molecule has 22 heavy (non-hydrogen) atoms. The first kappa shape index (κ1) is 16.3. The van der Waals surface area contributed by atoms with Gasteiger partial charge in [0.15, 0.2) is 5.78 Å². The molecule has 2 aromatic rings. The summed E-state index contributed by atoms with van der Waals surface area (Å²) in [7, 11) is 1.64. The van der Waals surface area contributed by atoms with Crippen LogP contribution in [0.3, 0.4) is 0 Å². The van der Waals surface area contributed by atoms with Gasteiger partial charge in [-0.15, -0.1) is 0 Å². The quantitative estimate of drug-likeness (QED) is 0.579. The van der Waals surface area contributed by atoms with Crippen LogP contribution in [0, 0.1) is 0 Å². The van der Waals surface area contributed by atoms with Crippen molar-refractivity contribution in [1.82, 2.24) is 0 Å². The number of benzene rings is 2. The number of hydrogen-bond acceptors (Lipinski definition) is 3. The van der Waals surface area contributed by atoms with Crippen LogP contribution < -0.4 is 10.1 Å². The molecule has 0 saturated heterocycles. The molecule has 0 spiro atoms. The molecule has 0 fully saturated rings. The molecule has 0 aromatic heterocycles. The number of methoxy groups -OCH3 is 1. The Bertz CT molecular complexity index is 660. The van der Waals surface area contributed by atoms with Gasteiger partial charge in [0.05, 0.1) is 7.11 Å². The Morgan fingerprint density at radius 2 is 1.77 bits per heavy atom. The Hall–Kier alpha value is -2.07. The SMILES string of the molecule is CCC(=CC(=O)c1ccc(Br)cc1)Nc1ccc(OC)cc1. The summed E-state index contributed by atoms with van der Waals surface area (Å²) in [6.45, 7) is 2.01. The van der Waals surface area contributed by atoms with Crippen LogP contribution in [0.15, 0.2) is 64.8 Å². The molecule has 0 aliphatic carbocycles. The van der Waals surface area contributed by atoms with Gasteiger partial charge < -0.3 is 10.1 Å². The van der Waals surface area contributed by atoms with Crippen LogP contribution in [0.4, 0.5) is 5.69 Å². The smallest absolute Gasteiger partial charge is 0.187 e. The molecule has 2 aromatic carbocycles. The van der Waals surface area contributed by atoms with Crippen molar-refractivity contribution in [3.05, 3.63) is 70.3 Å². The largest absolute Gasteiger partial charge is 0.497 e. The lowest BCUT2D eigenvalue weighted by atomic mass is 10.1. The van der Waals surface area contributed by atoms with Gasteiger partial charge in [-0.1, -0.05) is 22.9 Å². The molecule has 3 nitrogen and oxygen atoms in total. The van der Waals surface area contributed by atoms with Crippen LogP contribution in [-0.2, 0) is 0 Å². The number of rotatable bonds is 6. The Kier molecular flexibility index (Phi) is 5.78. The molecule has 1 N–H and O–H groups in total. The van der Waals surface area contributed by atoms with E-state index in [0.717, 1.165) is 28.0 Å². The zero-order valence-electron chi connectivity index (χ0n) is 12.6. The van der Waals surface area contributed by atoms with Crippen molar-refractivity contribution >= 4 is 27.4 Å². The minimum absolute atomic E-state index is 0.00892. The number of hydrogen-bond donors (Lipinski definition) is 1. The van der Waals surface area contributed by atoms with E-state index in [1.165, 1.54) is 0 Å². The van der Waals surface area contributed by atoms with Crippen molar-refractivity contribution in [2.45, 2.75) is 13.3 Å². The van der Waals surface area contributed by atoms with Crippen LogP contribution in [0.1, 0.15) is 23.7 Å². The lowest BCUT2D eigenvalue weighted by Gasteiger charge is -2.10. The molecule has 0 heterocycles. The van der Waals surface area contributed by atoms with E-state index in [-0.39, 0.29) is 5.78 Å². The maximum atomic E-state index is 12.3. The fraction of sp³-hybridized carbons (Fsp3) is 0.167. The monoisotopic (exact) mass is 359 g/mol. The van der Waals surface area contributed by atoms with E-state index in [9.17, 15) is 4.79 Å². The summed E-state index contributed by atoms with van der Waals surface area (Å²) in [5.41, 5.74) is 2.47. The Morgan fingerprint density at radius 1 is 1.14 bits per heavy atom. The van der Waals surface area contributed by atoms with Gasteiger partial charge in [-0.2, -0.15) is 0 Å². The highest BCUT2D eigenvalue weighted by Crippen LogP contribution is 2.18. The predicted octanol–water partition coefficient (Wildman–Crippen LogP) is 5.05. The van der Waals surface area contributed by atoms with E-state index in [1.54, 1.807) is 13.2 Å². The Balaban J connectivity index is 2.12. The topological polar surface area (TPSA) is 38.3 Å². The average Bonchev–Trinajstić information content (AvgIpc) is 2.55. The molecule has 0 saturated carbocycles. The van der Waals surface area contributed by atoms with Crippen LogP contribution in [0.5, 0.6) is 5.75 Å². The Labute approximate surface area is 139 Å². The second-order valence-electron chi connectivity index (χ2n) is 4.75. The molecule has 0 amide bonds. The van der Waals surface area contributed by atoms with Gasteiger partial charge in [-0.25, -0.2) is 0 Å². The minimum atomic E-state index is -0.00892. The summed E-state index contributed by atoms with van der Waals surface area (Å²) in [6, 6.07) is 15.0. The third-order valence-corrected chi connectivity index (χ3v) is 3.74. The zero-order valence-corrected chi connectivity index (χ0v) is 14.2. The molecule has 0 unspecified atom stereocenters. The highest BCUT2D eigenvalue weighted by atomic mass is 79.9. The number of nitrogens with one attached hydrogen (secondary N) is 1. The number of carbonyl (C=O) groups is 1. The van der Waals surface area contributed by atoms with Gasteiger partial charge in [0.2, 0.25) is 0 Å². The molecule has 0 bridgehead atoms. The first-order chi connectivity index (χ1) is 10.6. The highest BCUT2D eigenvalue weighted by Gasteiger charge is 2.05. The van der Waals surface area contributed by atoms with Crippen molar-refractivity contribution in [3.8, 4) is 5.75 Å². The summed E-state index contributed by atoms with van der Waals surface area (Å²) in [5, 5.41) is 3.27. The van der Waals surface area contributed by atoms with Crippen molar-refractivity contribution in [3.63, 3.8) is 0 Å². The van der Waals surface area contributed by atoms with E-state index in [1.807, 2.05) is 55.5 Å². The number of ketones is 1. The lowest BCUT2D eigenvalue weighted by molar-refractivity contribution is 0.104. The maximum absolute atomic E-state index is 12.3. The predicted molar refractivity (Wildman–Crippen MR) is 93.5 cm³/mol. The molecular weight excluding hydrogens is 342 g/mol. The number of ether oxygens (including phenoxy) is 1. The first-order valence-electron chi connectivity index (χ1n) is 7.04. The molecule has 0 aliphatic rings. The summed E-state index contributed by atoms with van der Waals surface area (Å²) >= 11 is 3.37. The van der Waals surface area contributed by atoms with Gasteiger partial charge in [0, 0.05) is 27.5 Å².